The van der Waals surface area contributed by atoms with E-state index in [0.717, 1.165) is 5.56 Å². The van der Waals surface area contributed by atoms with Gasteiger partial charge in [-0.3, -0.25) is 0 Å². The Morgan fingerprint density at radius 3 is 3.12 bits per heavy atom. The van der Waals surface area contributed by atoms with Crippen molar-refractivity contribution >= 4 is 17.7 Å². The smallest absolute Gasteiger partial charge is 0.212 e. The summed E-state index contributed by atoms with van der Waals surface area (Å²) in [6.07, 6.45) is 6.68. The van der Waals surface area contributed by atoms with Gasteiger partial charge >= 0.3 is 0 Å². The van der Waals surface area contributed by atoms with Crippen LogP contribution in [0.5, 0.6) is 5.75 Å². The number of para-hydroxylation sites is 1. The van der Waals surface area contributed by atoms with E-state index in [4.69, 9.17) is 16.3 Å². The summed E-state index contributed by atoms with van der Waals surface area (Å²) in [6.45, 7) is 0. The van der Waals surface area contributed by atoms with Crippen molar-refractivity contribution in [1.29, 1.82) is 0 Å². The SMILES string of the molecule is Clc1cccc2c1OC(n1cncn1)C=C2. The molecule has 2 aromatic rings. The molecule has 0 fully saturated rings. The number of rotatable bonds is 1. The van der Waals surface area contributed by atoms with Gasteiger partial charge in [-0.2, -0.15) is 5.10 Å². The first-order chi connectivity index (χ1) is 7.84. The highest BCUT2D eigenvalue weighted by molar-refractivity contribution is 6.32. The van der Waals surface area contributed by atoms with Gasteiger partial charge in [0.2, 0.25) is 6.23 Å². The Kier molecular flexibility index (Phi) is 2.15. The van der Waals surface area contributed by atoms with Crippen molar-refractivity contribution in [2.45, 2.75) is 6.23 Å². The van der Waals surface area contributed by atoms with Crippen LogP contribution in [0, 0.1) is 0 Å². The third-order valence-electron chi connectivity index (χ3n) is 2.37. The first-order valence-corrected chi connectivity index (χ1v) is 5.20. The van der Waals surface area contributed by atoms with Gasteiger partial charge in [0.25, 0.3) is 0 Å². The van der Waals surface area contributed by atoms with Gasteiger partial charge in [0.15, 0.2) is 0 Å². The molecule has 0 saturated heterocycles. The zero-order valence-corrected chi connectivity index (χ0v) is 9.00. The molecule has 1 aliphatic rings. The van der Waals surface area contributed by atoms with Gasteiger partial charge in [-0.25, -0.2) is 9.67 Å². The third kappa shape index (κ3) is 1.47. The van der Waals surface area contributed by atoms with Gasteiger partial charge in [-0.05, 0) is 18.2 Å². The average Bonchev–Trinajstić information content (AvgIpc) is 2.83. The fraction of sp³-hybridized carbons (Fsp3) is 0.0909. The molecule has 0 saturated carbocycles. The first-order valence-electron chi connectivity index (χ1n) is 4.82. The summed E-state index contributed by atoms with van der Waals surface area (Å²) < 4.78 is 7.38. The van der Waals surface area contributed by atoms with E-state index in [9.17, 15) is 0 Å². The molecule has 5 heteroatoms. The molecular weight excluding hydrogens is 226 g/mol. The Morgan fingerprint density at radius 2 is 2.31 bits per heavy atom. The molecule has 1 aromatic carbocycles. The molecule has 0 amide bonds. The lowest BCUT2D eigenvalue weighted by molar-refractivity contribution is 0.164. The van der Waals surface area contributed by atoms with Crippen LogP contribution in [-0.4, -0.2) is 14.8 Å². The van der Waals surface area contributed by atoms with Crippen LogP contribution in [0.1, 0.15) is 11.8 Å². The summed E-state index contributed by atoms with van der Waals surface area (Å²) in [6, 6.07) is 5.65. The molecule has 3 rings (SSSR count). The average molecular weight is 234 g/mol. The van der Waals surface area contributed by atoms with E-state index < -0.39 is 0 Å². The van der Waals surface area contributed by atoms with Crippen LogP contribution in [0.25, 0.3) is 6.08 Å². The number of benzene rings is 1. The van der Waals surface area contributed by atoms with Crippen LogP contribution in [-0.2, 0) is 0 Å². The van der Waals surface area contributed by atoms with Crippen LogP contribution in [0.15, 0.2) is 36.9 Å². The summed E-state index contributed by atoms with van der Waals surface area (Å²) in [5.74, 6) is 0.687. The molecule has 0 N–H and O–H groups in total. The van der Waals surface area contributed by atoms with Crippen LogP contribution in [0.4, 0.5) is 0 Å². The number of hydrogen-bond acceptors (Lipinski definition) is 3. The van der Waals surface area contributed by atoms with Crippen molar-refractivity contribution in [3.63, 3.8) is 0 Å². The van der Waals surface area contributed by atoms with Gasteiger partial charge < -0.3 is 4.74 Å². The molecule has 4 nitrogen and oxygen atoms in total. The largest absolute Gasteiger partial charge is 0.463 e. The monoisotopic (exact) mass is 233 g/mol. The van der Waals surface area contributed by atoms with Crippen LogP contribution in [0.2, 0.25) is 5.02 Å². The van der Waals surface area contributed by atoms with Crippen molar-refractivity contribution in [2.24, 2.45) is 0 Å². The molecule has 1 aliphatic heterocycles. The lowest BCUT2D eigenvalue weighted by Gasteiger charge is -2.21. The minimum Gasteiger partial charge on any atom is -0.463 e. The fourth-order valence-corrected chi connectivity index (χ4v) is 1.84. The molecule has 0 bridgehead atoms. The Labute approximate surface area is 97.1 Å². The van der Waals surface area contributed by atoms with Crippen molar-refractivity contribution in [2.75, 3.05) is 0 Å². The zero-order valence-electron chi connectivity index (χ0n) is 8.25. The van der Waals surface area contributed by atoms with Crippen LogP contribution >= 0.6 is 11.6 Å². The van der Waals surface area contributed by atoms with Gasteiger partial charge in [0, 0.05) is 5.56 Å². The minimum absolute atomic E-state index is 0.283. The molecule has 0 spiro atoms. The highest BCUT2D eigenvalue weighted by Gasteiger charge is 2.18. The number of ether oxygens (including phenoxy) is 1. The van der Waals surface area contributed by atoms with Gasteiger partial charge in [0.1, 0.15) is 18.4 Å². The van der Waals surface area contributed by atoms with E-state index in [1.54, 1.807) is 17.1 Å². The second kappa shape index (κ2) is 3.64. The van der Waals surface area contributed by atoms with E-state index in [1.807, 2.05) is 24.3 Å². The second-order valence-corrected chi connectivity index (χ2v) is 3.81. The highest BCUT2D eigenvalue weighted by atomic mass is 35.5. The van der Waals surface area contributed by atoms with Crippen molar-refractivity contribution in [3.8, 4) is 5.75 Å². The van der Waals surface area contributed by atoms with Gasteiger partial charge in [0.05, 0.1) is 5.02 Å². The maximum absolute atomic E-state index is 6.06. The number of nitrogens with zero attached hydrogens (tertiary/aromatic N) is 3. The molecule has 1 aromatic heterocycles. The van der Waals surface area contributed by atoms with E-state index >= 15 is 0 Å². The molecule has 2 heterocycles. The Morgan fingerprint density at radius 1 is 1.38 bits per heavy atom. The summed E-state index contributed by atoms with van der Waals surface area (Å²) in [4.78, 5) is 3.88. The van der Waals surface area contributed by atoms with Crippen molar-refractivity contribution < 1.29 is 4.74 Å². The molecule has 16 heavy (non-hydrogen) atoms. The number of halogens is 1. The van der Waals surface area contributed by atoms with Crippen LogP contribution < -0.4 is 4.74 Å². The highest BCUT2D eigenvalue weighted by Crippen LogP contribution is 2.35. The van der Waals surface area contributed by atoms with Crippen molar-refractivity contribution in [3.05, 3.63) is 47.5 Å². The third-order valence-corrected chi connectivity index (χ3v) is 2.67. The van der Waals surface area contributed by atoms with E-state index in [2.05, 4.69) is 10.1 Å². The fourth-order valence-electron chi connectivity index (χ4n) is 1.62. The number of hydrogen-bond donors (Lipinski definition) is 0. The Hall–Kier alpha value is -1.81. The van der Waals surface area contributed by atoms with E-state index in [-0.39, 0.29) is 6.23 Å². The summed E-state index contributed by atoms with van der Waals surface area (Å²) >= 11 is 6.06. The predicted octanol–water partition coefficient (Wildman–Crippen LogP) is 2.54. The van der Waals surface area contributed by atoms with E-state index in [0.29, 0.717) is 10.8 Å². The molecule has 80 valence electrons. The summed E-state index contributed by atoms with van der Waals surface area (Å²) in [5.41, 5.74) is 0.976. The maximum atomic E-state index is 6.06. The first kappa shape index (κ1) is 9.42. The summed E-state index contributed by atoms with van der Waals surface area (Å²) in [7, 11) is 0. The number of fused-ring (bicyclic) bond motifs is 1. The summed E-state index contributed by atoms with van der Waals surface area (Å²) in [5, 5.41) is 4.63. The van der Waals surface area contributed by atoms with Crippen molar-refractivity contribution in [1.82, 2.24) is 14.8 Å². The maximum Gasteiger partial charge on any atom is 0.212 e. The van der Waals surface area contributed by atoms with Crippen LogP contribution in [0.3, 0.4) is 0 Å². The molecule has 1 unspecified atom stereocenters. The molecule has 0 radical (unpaired) electrons. The Bertz CT molecular complexity index is 536. The molecular formula is C11H8ClN3O. The second-order valence-electron chi connectivity index (χ2n) is 3.40. The van der Waals surface area contributed by atoms with E-state index in [1.165, 1.54) is 6.33 Å². The number of aromatic nitrogens is 3. The molecule has 0 aliphatic carbocycles. The molecule has 1 atom stereocenters. The standard InChI is InChI=1S/C11H8ClN3O/c12-9-3-1-2-8-4-5-10(16-11(8)9)15-7-13-6-14-15/h1-7,10H. The zero-order chi connectivity index (χ0) is 11.0. The van der Waals surface area contributed by atoms with Gasteiger partial charge in [-0.1, -0.05) is 23.7 Å². The lowest BCUT2D eigenvalue weighted by Crippen LogP contribution is -2.16. The predicted molar refractivity (Wildman–Crippen MR) is 60.2 cm³/mol. The topological polar surface area (TPSA) is 39.9 Å². The van der Waals surface area contributed by atoms with Gasteiger partial charge in [-0.15, -0.1) is 0 Å². The normalized spacial score (nSPS) is 17.9. The lowest BCUT2D eigenvalue weighted by atomic mass is 10.1. The Balaban J connectivity index is 2.00. The quantitative estimate of drug-likeness (QED) is 0.760. The minimum atomic E-state index is -0.283.